The molecule has 1 aliphatic carbocycles. The SMILES string of the molecule is CC(C)(O)Cc1ccc(C(=O)C2CC2)cc1. The van der Waals surface area contributed by atoms with Gasteiger partial charge in [0.05, 0.1) is 5.60 Å². The Morgan fingerprint density at radius 2 is 1.88 bits per heavy atom. The van der Waals surface area contributed by atoms with Gasteiger partial charge in [0, 0.05) is 17.9 Å². The van der Waals surface area contributed by atoms with E-state index < -0.39 is 5.60 Å². The molecule has 16 heavy (non-hydrogen) atoms. The predicted octanol–water partition coefficient (Wildman–Crippen LogP) is 2.59. The van der Waals surface area contributed by atoms with E-state index in [0.717, 1.165) is 24.0 Å². The Kier molecular flexibility index (Phi) is 2.85. The molecule has 1 aliphatic rings. The third-order valence-corrected chi connectivity index (χ3v) is 2.82. The van der Waals surface area contributed by atoms with E-state index in [1.54, 1.807) is 13.8 Å². The number of carbonyl (C=O) groups is 1. The highest BCUT2D eigenvalue weighted by Crippen LogP contribution is 2.32. The Labute approximate surface area is 96.3 Å². The maximum atomic E-state index is 11.8. The van der Waals surface area contributed by atoms with Gasteiger partial charge in [-0.3, -0.25) is 4.79 Å². The molecule has 1 aromatic carbocycles. The fourth-order valence-corrected chi connectivity index (χ4v) is 1.87. The Morgan fingerprint density at radius 1 is 1.31 bits per heavy atom. The summed E-state index contributed by atoms with van der Waals surface area (Å²) < 4.78 is 0. The van der Waals surface area contributed by atoms with E-state index in [1.165, 1.54) is 0 Å². The summed E-state index contributed by atoms with van der Waals surface area (Å²) in [5, 5.41) is 9.68. The third-order valence-electron chi connectivity index (χ3n) is 2.82. The normalized spacial score (nSPS) is 16.2. The van der Waals surface area contributed by atoms with Crippen LogP contribution >= 0.6 is 0 Å². The van der Waals surface area contributed by atoms with Gasteiger partial charge in [0.25, 0.3) is 0 Å². The van der Waals surface area contributed by atoms with Gasteiger partial charge in [-0.15, -0.1) is 0 Å². The van der Waals surface area contributed by atoms with Crippen LogP contribution in [-0.4, -0.2) is 16.5 Å². The summed E-state index contributed by atoms with van der Waals surface area (Å²) in [7, 11) is 0. The number of Topliss-reactive ketones (excluding diaryl/α,β-unsaturated/α-hetero) is 1. The van der Waals surface area contributed by atoms with Gasteiger partial charge in [0.1, 0.15) is 0 Å². The van der Waals surface area contributed by atoms with Gasteiger partial charge < -0.3 is 5.11 Å². The van der Waals surface area contributed by atoms with E-state index in [2.05, 4.69) is 0 Å². The van der Waals surface area contributed by atoms with Crippen LogP contribution in [0.15, 0.2) is 24.3 Å². The summed E-state index contributed by atoms with van der Waals surface area (Å²) in [5.74, 6) is 0.551. The quantitative estimate of drug-likeness (QED) is 0.789. The maximum Gasteiger partial charge on any atom is 0.165 e. The van der Waals surface area contributed by atoms with Crippen molar-refractivity contribution < 1.29 is 9.90 Å². The van der Waals surface area contributed by atoms with Gasteiger partial charge in [-0.05, 0) is 32.3 Å². The van der Waals surface area contributed by atoms with Crippen molar-refractivity contribution >= 4 is 5.78 Å². The number of aliphatic hydroxyl groups is 1. The topological polar surface area (TPSA) is 37.3 Å². The first-order valence-corrected chi connectivity index (χ1v) is 5.81. The monoisotopic (exact) mass is 218 g/mol. The molecular formula is C14H18O2. The smallest absolute Gasteiger partial charge is 0.165 e. The minimum absolute atomic E-state index is 0.273. The summed E-state index contributed by atoms with van der Waals surface area (Å²) in [4.78, 5) is 11.8. The van der Waals surface area contributed by atoms with Gasteiger partial charge in [-0.1, -0.05) is 24.3 Å². The molecule has 0 aromatic heterocycles. The van der Waals surface area contributed by atoms with Crippen LogP contribution in [0, 0.1) is 5.92 Å². The summed E-state index contributed by atoms with van der Waals surface area (Å²) in [6.07, 6.45) is 2.71. The molecule has 1 fully saturated rings. The van der Waals surface area contributed by atoms with Crippen LogP contribution in [0.4, 0.5) is 0 Å². The summed E-state index contributed by atoms with van der Waals surface area (Å²) >= 11 is 0. The molecule has 86 valence electrons. The van der Waals surface area contributed by atoms with Gasteiger partial charge in [-0.25, -0.2) is 0 Å². The molecule has 0 atom stereocenters. The molecule has 2 heteroatoms. The summed E-state index contributed by atoms with van der Waals surface area (Å²) in [5.41, 5.74) is 1.18. The van der Waals surface area contributed by atoms with Gasteiger partial charge >= 0.3 is 0 Å². The zero-order chi connectivity index (χ0) is 11.8. The Hall–Kier alpha value is -1.15. The molecule has 2 rings (SSSR count). The Morgan fingerprint density at radius 3 is 2.31 bits per heavy atom. The molecular weight excluding hydrogens is 200 g/mol. The van der Waals surface area contributed by atoms with E-state index in [0.29, 0.717) is 6.42 Å². The van der Waals surface area contributed by atoms with Crippen molar-refractivity contribution in [1.82, 2.24) is 0 Å². The van der Waals surface area contributed by atoms with Gasteiger partial charge in [0.15, 0.2) is 5.78 Å². The standard InChI is InChI=1S/C14H18O2/c1-14(2,16)9-10-3-5-11(6-4-10)13(15)12-7-8-12/h3-6,12,16H,7-9H2,1-2H3. The zero-order valence-corrected chi connectivity index (χ0v) is 9.86. The van der Waals surface area contributed by atoms with E-state index in [-0.39, 0.29) is 11.7 Å². The van der Waals surface area contributed by atoms with E-state index in [4.69, 9.17) is 0 Å². The first kappa shape index (κ1) is 11.3. The molecule has 1 N–H and O–H groups in total. The highest BCUT2D eigenvalue weighted by atomic mass is 16.3. The maximum absolute atomic E-state index is 11.8. The minimum atomic E-state index is -0.692. The van der Waals surface area contributed by atoms with Gasteiger partial charge in [0.2, 0.25) is 0 Å². The predicted molar refractivity (Wildman–Crippen MR) is 63.5 cm³/mol. The Bertz CT molecular complexity index is 380. The van der Waals surface area contributed by atoms with Gasteiger partial charge in [-0.2, -0.15) is 0 Å². The average molecular weight is 218 g/mol. The second-order valence-electron chi connectivity index (χ2n) is 5.32. The van der Waals surface area contributed by atoms with Crippen molar-refractivity contribution in [2.75, 3.05) is 0 Å². The molecule has 0 radical (unpaired) electrons. The molecule has 0 unspecified atom stereocenters. The number of hydrogen-bond acceptors (Lipinski definition) is 2. The number of rotatable bonds is 4. The highest BCUT2D eigenvalue weighted by molar-refractivity contribution is 5.99. The van der Waals surface area contributed by atoms with Crippen molar-refractivity contribution in [1.29, 1.82) is 0 Å². The largest absolute Gasteiger partial charge is 0.390 e. The van der Waals surface area contributed by atoms with Crippen molar-refractivity contribution in [2.45, 2.75) is 38.7 Å². The van der Waals surface area contributed by atoms with Crippen LogP contribution in [0.5, 0.6) is 0 Å². The molecule has 0 heterocycles. The number of hydrogen-bond donors (Lipinski definition) is 1. The Balaban J connectivity index is 2.07. The molecule has 0 spiro atoms. The van der Waals surface area contributed by atoms with Crippen LogP contribution in [-0.2, 0) is 6.42 Å². The number of benzene rings is 1. The zero-order valence-electron chi connectivity index (χ0n) is 9.86. The third kappa shape index (κ3) is 2.92. The number of ketones is 1. The van der Waals surface area contributed by atoms with Crippen LogP contribution in [0.2, 0.25) is 0 Å². The molecule has 2 nitrogen and oxygen atoms in total. The van der Waals surface area contributed by atoms with Crippen molar-refractivity contribution in [2.24, 2.45) is 5.92 Å². The molecule has 0 bridgehead atoms. The lowest BCUT2D eigenvalue weighted by Crippen LogP contribution is -2.21. The lowest BCUT2D eigenvalue weighted by molar-refractivity contribution is 0.0810. The fraction of sp³-hybridized carbons (Fsp3) is 0.500. The van der Waals surface area contributed by atoms with Crippen molar-refractivity contribution in [3.8, 4) is 0 Å². The first-order valence-electron chi connectivity index (χ1n) is 5.81. The summed E-state index contributed by atoms with van der Waals surface area (Å²) in [6, 6.07) is 7.63. The van der Waals surface area contributed by atoms with Crippen LogP contribution in [0.1, 0.15) is 42.6 Å². The fourth-order valence-electron chi connectivity index (χ4n) is 1.87. The lowest BCUT2D eigenvalue weighted by atomic mass is 9.97. The van der Waals surface area contributed by atoms with E-state index >= 15 is 0 Å². The second kappa shape index (κ2) is 4.02. The molecule has 0 saturated heterocycles. The highest BCUT2D eigenvalue weighted by Gasteiger charge is 2.30. The lowest BCUT2D eigenvalue weighted by Gasteiger charge is -2.16. The van der Waals surface area contributed by atoms with Crippen LogP contribution in [0.3, 0.4) is 0 Å². The average Bonchev–Trinajstić information content (AvgIpc) is 2.98. The number of carbonyl (C=O) groups excluding carboxylic acids is 1. The van der Waals surface area contributed by atoms with E-state index in [1.807, 2.05) is 24.3 Å². The minimum Gasteiger partial charge on any atom is -0.390 e. The molecule has 0 amide bonds. The van der Waals surface area contributed by atoms with Crippen molar-refractivity contribution in [3.05, 3.63) is 35.4 Å². The first-order chi connectivity index (χ1) is 7.46. The molecule has 1 saturated carbocycles. The summed E-state index contributed by atoms with van der Waals surface area (Å²) in [6.45, 7) is 3.58. The van der Waals surface area contributed by atoms with Crippen molar-refractivity contribution in [3.63, 3.8) is 0 Å². The second-order valence-corrected chi connectivity index (χ2v) is 5.32. The molecule has 0 aliphatic heterocycles. The molecule has 1 aromatic rings. The van der Waals surface area contributed by atoms with Crippen LogP contribution < -0.4 is 0 Å². The van der Waals surface area contributed by atoms with E-state index in [9.17, 15) is 9.90 Å². The van der Waals surface area contributed by atoms with Crippen LogP contribution in [0.25, 0.3) is 0 Å².